The molecule has 9 heteroatoms. The van der Waals surface area contributed by atoms with Gasteiger partial charge in [-0.25, -0.2) is 9.97 Å². The first-order valence-electron chi connectivity index (χ1n) is 12.6. The first-order valence-corrected chi connectivity index (χ1v) is 12.6. The number of ether oxygens (including phenoxy) is 3. The lowest BCUT2D eigenvalue weighted by Crippen LogP contribution is -2.46. The van der Waals surface area contributed by atoms with Gasteiger partial charge in [-0.15, -0.1) is 6.42 Å². The molecule has 3 heterocycles. The number of rotatable bonds is 10. The molecule has 1 saturated heterocycles. The van der Waals surface area contributed by atoms with Gasteiger partial charge in [-0.05, 0) is 38.0 Å². The normalized spacial score (nSPS) is 18.5. The highest BCUT2D eigenvalue weighted by Crippen LogP contribution is 2.35. The molecule has 2 aliphatic rings. The highest BCUT2D eigenvalue weighted by atomic mass is 16.5. The summed E-state index contributed by atoms with van der Waals surface area (Å²) in [4.78, 5) is 18.2. The molecule has 0 saturated carbocycles. The lowest BCUT2D eigenvalue weighted by Gasteiger charge is -2.33. The molecule has 1 aromatic carbocycles. The fraction of sp³-hybridized carbons (Fsp3) is 0.464. The van der Waals surface area contributed by atoms with Gasteiger partial charge >= 0.3 is 0 Å². The number of hydrogen-bond acceptors (Lipinski definition) is 9. The zero-order valence-electron chi connectivity index (χ0n) is 22.0. The number of benzene rings is 1. The predicted octanol–water partition coefficient (Wildman–Crippen LogP) is 2.89. The van der Waals surface area contributed by atoms with Crippen LogP contribution in [-0.2, 0) is 0 Å². The molecule has 4 rings (SSSR count). The van der Waals surface area contributed by atoms with Crippen LogP contribution in [-0.4, -0.2) is 91.2 Å². The summed E-state index contributed by atoms with van der Waals surface area (Å²) in [6.07, 6.45) is 9.65. The van der Waals surface area contributed by atoms with Gasteiger partial charge in [0.05, 0.1) is 37.7 Å². The van der Waals surface area contributed by atoms with Crippen molar-refractivity contribution >= 4 is 16.7 Å². The van der Waals surface area contributed by atoms with E-state index in [-0.39, 0.29) is 6.10 Å². The van der Waals surface area contributed by atoms with Crippen molar-refractivity contribution in [3.63, 3.8) is 0 Å². The van der Waals surface area contributed by atoms with Crippen molar-refractivity contribution in [3.8, 4) is 29.7 Å². The maximum Gasteiger partial charge on any atom is 0.225 e. The first-order chi connectivity index (χ1) is 18.0. The van der Waals surface area contributed by atoms with E-state index < -0.39 is 0 Å². The third-order valence-electron chi connectivity index (χ3n) is 6.37. The summed E-state index contributed by atoms with van der Waals surface area (Å²) in [5.41, 5.74) is 2.58. The second kappa shape index (κ2) is 12.6. The van der Waals surface area contributed by atoms with E-state index in [4.69, 9.17) is 20.6 Å². The summed E-state index contributed by atoms with van der Waals surface area (Å²) in [5, 5.41) is 3.94. The molecule has 9 nitrogen and oxygen atoms in total. The van der Waals surface area contributed by atoms with E-state index in [0.717, 1.165) is 73.7 Å². The Kier molecular flexibility index (Phi) is 8.99. The van der Waals surface area contributed by atoms with Crippen LogP contribution in [0.25, 0.3) is 10.9 Å². The number of terminal acetylenes is 1. The molecule has 1 N–H and O–H groups in total. The molecule has 0 spiro atoms. The number of amidine groups is 1. The molecule has 2 aliphatic heterocycles. The minimum atomic E-state index is -0.232. The van der Waals surface area contributed by atoms with Crippen LogP contribution in [0.1, 0.15) is 20.3 Å². The molecule has 1 atom stereocenters. The predicted molar refractivity (Wildman–Crippen MR) is 146 cm³/mol. The van der Waals surface area contributed by atoms with E-state index in [0.29, 0.717) is 30.5 Å². The third-order valence-corrected chi connectivity index (χ3v) is 6.37. The molecule has 2 aromatic rings. The van der Waals surface area contributed by atoms with Gasteiger partial charge < -0.3 is 24.4 Å². The van der Waals surface area contributed by atoms with E-state index >= 15 is 0 Å². The van der Waals surface area contributed by atoms with Gasteiger partial charge in [-0.3, -0.25) is 9.89 Å². The van der Waals surface area contributed by atoms with Crippen molar-refractivity contribution in [1.82, 2.24) is 25.1 Å². The number of allylic oxidation sites excluding steroid dienone is 1. The Morgan fingerprint density at radius 2 is 1.97 bits per heavy atom. The maximum atomic E-state index is 6.22. The van der Waals surface area contributed by atoms with Crippen LogP contribution >= 0.6 is 0 Å². The minimum absolute atomic E-state index is 0.232. The zero-order valence-corrected chi connectivity index (χ0v) is 22.0. The smallest absolute Gasteiger partial charge is 0.225 e. The van der Waals surface area contributed by atoms with Gasteiger partial charge in [0.1, 0.15) is 18.3 Å². The van der Waals surface area contributed by atoms with Crippen molar-refractivity contribution < 1.29 is 14.2 Å². The minimum Gasteiger partial charge on any atom is -0.493 e. The summed E-state index contributed by atoms with van der Waals surface area (Å²) in [5.74, 6) is 5.31. The van der Waals surface area contributed by atoms with Crippen LogP contribution < -0.4 is 19.5 Å². The number of nitrogens with one attached hydrogen (secondary N) is 1. The number of fused-ring (bicyclic) bond motifs is 1. The number of aromatic nitrogens is 2. The van der Waals surface area contributed by atoms with Crippen molar-refractivity contribution in [1.29, 1.82) is 0 Å². The number of methoxy groups -OCH3 is 1. The Hall–Kier alpha value is -3.61. The number of piperazine rings is 1. The standard InChI is InChI=1S/C28H36N6O3/c1-6-8-33-10-12-34(13-11-33)9-7-14-36-26-17-24-23(16-25(26)35-5)28(31-19-30-24)37-22-15-21(4)27(29-18-22)32-20(2)3/h1,15-17,19,22H,2,7-14,18H2,3-5H3,(H,29,32). The second-order valence-corrected chi connectivity index (χ2v) is 9.32. The van der Waals surface area contributed by atoms with E-state index in [1.54, 1.807) is 7.11 Å². The van der Waals surface area contributed by atoms with Gasteiger partial charge in [0, 0.05) is 44.5 Å². The number of aliphatic imine (C=N–C) groups is 1. The van der Waals surface area contributed by atoms with Crippen molar-refractivity contribution in [2.45, 2.75) is 26.4 Å². The Labute approximate surface area is 219 Å². The van der Waals surface area contributed by atoms with E-state index in [1.165, 1.54) is 6.33 Å². The Morgan fingerprint density at radius 1 is 1.19 bits per heavy atom. The first kappa shape index (κ1) is 26.5. The third kappa shape index (κ3) is 7.00. The summed E-state index contributed by atoms with van der Waals surface area (Å²) >= 11 is 0. The lowest BCUT2D eigenvalue weighted by atomic mass is 10.1. The SMILES string of the molecule is C#CCN1CCN(CCCOc2cc3ncnc(OC4C=C(C)C(NC(=C)C)=NC4)c3cc2OC)CC1. The molecule has 0 amide bonds. The second-order valence-electron chi connectivity index (χ2n) is 9.32. The fourth-order valence-corrected chi connectivity index (χ4v) is 4.45. The largest absolute Gasteiger partial charge is 0.493 e. The molecule has 0 bridgehead atoms. The fourth-order valence-electron chi connectivity index (χ4n) is 4.45. The van der Waals surface area contributed by atoms with Crippen LogP contribution in [0.2, 0.25) is 0 Å². The molecule has 37 heavy (non-hydrogen) atoms. The highest BCUT2D eigenvalue weighted by Gasteiger charge is 2.20. The zero-order chi connectivity index (χ0) is 26.2. The molecule has 0 aliphatic carbocycles. The number of dihydropyridines is 1. The summed E-state index contributed by atoms with van der Waals surface area (Å²) < 4.78 is 18.0. The van der Waals surface area contributed by atoms with Gasteiger partial charge in [0.15, 0.2) is 11.5 Å². The van der Waals surface area contributed by atoms with Gasteiger partial charge in [-0.1, -0.05) is 12.5 Å². The van der Waals surface area contributed by atoms with Crippen molar-refractivity contribution in [3.05, 3.63) is 42.4 Å². The number of nitrogens with zero attached hydrogens (tertiary/aromatic N) is 5. The number of hydrogen-bond donors (Lipinski definition) is 1. The Morgan fingerprint density at radius 3 is 2.68 bits per heavy atom. The maximum absolute atomic E-state index is 6.22. The molecule has 1 unspecified atom stereocenters. The highest BCUT2D eigenvalue weighted by molar-refractivity contribution is 5.99. The van der Waals surface area contributed by atoms with Crippen LogP contribution in [0.3, 0.4) is 0 Å². The molecule has 1 aromatic heterocycles. The average Bonchev–Trinajstić information content (AvgIpc) is 2.89. The molecular weight excluding hydrogens is 468 g/mol. The van der Waals surface area contributed by atoms with Gasteiger partial charge in [0.2, 0.25) is 5.88 Å². The van der Waals surface area contributed by atoms with E-state index in [2.05, 4.69) is 42.6 Å². The van der Waals surface area contributed by atoms with Crippen LogP contribution in [0.15, 0.2) is 47.4 Å². The summed E-state index contributed by atoms with van der Waals surface area (Å²) in [6, 6.07) is 3.76. The van der Waals surface area contributed by atoms with Crippen molar-refractivity contribution in [2.75, 3.05) is 59.5 Å². The molecule has 0 radical (unpaired) electrons. The summed E-state index contributed by atoms with van der Waals surface area (Å²) in [6.45, 7) is 14.7. The van der Waals surface area contributed by atoms with Crippen LogP contribution in [0, 0.1) is 12.3 Å². The van der Waals surface area contributed by atoms with E-state index in [1.807, 2.05) is 32.1 Å². The monoisotopic (exact) mass is 504 g/mol. The summed E-state index contributed by atoms with van der Waals surface area (Å²) in [7, 11) is 1.63. The van der Waals surface area contributed by atoms with Crippen LogP contribution in [0.4, 0.5) is 0 Å². The Bertz CT molecular complexity index is 1210. The topological polar surface area (TPSA) is 84.3 Å². The molecule has 1 fully saturated rings. The lowest BCUT2D eigenvalue weighted by molar-refractivity contribution is 0.136. The molecule has 196 valence electrons. The average molecular weight is 505 g/mol. The van der Waals surface area contributed by atoms with Gasteiger partial charge in [-0.2, -0.15) is 0 Å². The van der Waals surface area contributed by atoms with Crippen LogP contribution in [0.5, 0.6) is 17.4 Å². The quantitative estimate of drug-likeness (QED) is 0.391. The Balaban J connectivity index is 1.37. The van der Waals surface area contributed by atoms with Crippen molar-refractivity contribution in [2.24, 2.45) is 4.99 Å². The van der Waals surface area contributed by atoms with Gasteiger partial charge in [0.25, 0.3) is 0 Å². The molecular formula is C28H36N6O3. The van der Waals surface area contributed by atoms with E-state index in [9.17, 15) is 0 Å².